The SMILES string of the molecule is CC(C)(C)NC(=O)COC1CCC(CO)CC1. The number of hydrogen-bond acceptors (Lipinski definition) is 3. The van der Waals surface area contributed by atoms with Crippen molar-refractivity contribution in [1.29, 1.82) is 0 Å². The molecule has 0 saturated heterocycles. The molecule has 100 valence electrons. The Labute approximate surface area is 104 Å². The Morgan fingerprint density at radius 1 is 1.29 bits per heavy atom. The zero-order chi connectivity index (χ0) is 12.9. The summed E-state index contributed by atoms with van der Waals surface area (Å²) in [7, 11) is 0. The molecule has 0 unspecified atom stereocenters. The monoisotopic (exact) mass is 243 g/mol. The lowest BCUT2D eigenvalue weighted by Gasteiger charge is -2.27. The first-order valence-electron chi connectivity index (χ1n) is 6.44. The van der Waals surface area contributed by atoms with Gasteiger partial charge in [-0.05, 0) is 52.4 Å². The molecule has 4 nitrogen and oxygen atoms in total. The van der Waals surface area contributed by atoms with Gasteiger partial charge in [0.25, 0.3) is 0 Å². The van der Waals surface area contributed by atoms with Gasteiger partial charge in [0.15, 0.2) is 0 Å². The molecule has 0 aromatic rings. The summed E-state index contributed by atoms with van der Waals surface area (Å²) in [6, 6.07) is 0. The van der Waals surface area contributed by atoms with Crippen molar-refractivity contribution in [3.8, 4) is 0 Å². The normalized spacial score (nSPS) is 25.6. The van der Waals surface area contributed by atoms with Crippen LogP contribution in [0.15, 0.2) is 0 Å². The fraction of sp³-hybridized carbons (Fsp3) is 0.923. The minimum atomic E-state index is -0.199. The van der Waals surface area contributed by atoms with Gasteiger partial charge in [-0.1, -0.05) is 0 Å². The lowest BCUT2D eigenvalue weighted by Crippen LogP contribution is -2.43. The summed E-state index contributed by atoms with van der Waals surface area (Å²) < 4.78 is 5.59. The van der Waals surface area contributed by atoms with Gasteiger partial charge in [-0.3, -0.25) is 4.79 Å². The van der Waals surface area contributed by atoms with E-state index in [-0.39, 0.29) is 30.8 Å². The summed E-state index contributed by atoms with van der Waals surface area (Å²) in [6.07, 6.45) is 4.09. The highest BCUT2D eigenvalue weighted by Crippen LogP contribution is 2.25. The van der Waals surface area contributed by atoms with Gasteiger partial charge in [-0.2, -0.15) is 0 Å². The molecule has 0 bridgehead atoms. The van der Waals surface area contributed by atoms with Crippen LogP contribution < -0.4 is 5.32 Å². The number of amides is 1. The Morgan fingerprint density at radius 2 is 1.88 bits per heavy atom. The molecule has 1 amide bonds. The molecule has 4 heteroatoms. The second-order valence-electron chi connectivity index (χ2n) is 5.93. The summed E-state index contributed by atoms with van der Waals surface area (Å²) in [4.78, 5) is 11.5. The van der Waals surface area contributed by atoms with Gasteiger partial charge in [0.1, 0.15) is 6.61 Å². The van der Waals surface area contributed by atoms with Gasteiger partial charge in [-0.15, -0.1) is 0 Å². The number of rotatable bonds is 4. The van der Waals surface area contributed by atoms with Crippen LogP contribution in [0.4, 0.5) is 0 Å². The predicted octanol–water partition coefficient (Wildman–Crippen LogP) is 1.47. The topological polar surface area (TPSA) is 58.6 Å². The van der Waals surface area contributed by atoms with Gasteiger partial charge in [0.2, 0.25) is 5.91 Å². The van der Waals surface area contributed by atoms with Crippen molar-refractivity contribution >= 4 is 5.91 Å². The summed E-state index contributed by atoms with van der Waals surface area (Å²) in [5.41, 5.74) is -0.199. The first kappa shape index (κ1) is 14.5. The van der Waals surface area contributed by atoms with Crippen LogP contribution in [-0.4, -0.2) is 35.9 Å². The molecular weight excluding hydrogens is 218 g/mol. The largest absolute Gasteiger partial charge is 0.396 e. The van der Waals surface area contributed by atoms with Crippen LogP contribution in [0.3, 0.4) is 0 Å². The lowest BCUT2D eigenvalue weighted by atomic mass is 9.88. The molecule has 0 aliphatic heterocycles. The molecule has 0 heterocycles. The number of carbonyl (C=O) groups excluding carboxylic acids is 1. The van der Waals surface area contributed by atoms with Crippen LogP contribution >= 0.6 is 0 Å². The minimum absolute atomic E-state index is 0.0539. The fourth-order valence-corrected chi connectivity index (χ4v) is 2.13. The summed E-state index contributed by atoms with van der Waals surface area (Å²) in [6.45, 7) is 6.29. The Kier molecular flexibility index (Phi) is 5.40. The Bertz CT molecular complexity index is 240. The number of hydrogen-bond donors (Lipinski definition) is 2. The van der Waals surface area contributed by atoms with Gasteiger partial charge in [0, 0.05) is 12.1 Å². The molecule has 0 aromatic carbocycles. The smallest absolute Gasteiger partial charge is 0.246 e. The van der Waals surface area contributed by atoms with E-state index < -0.39 is 0 Å². The molecule has 0 spiro atoms. The summed E-state index contributed by atoms with van der Waals surface area (Å²) >= 11 is 0. The van der Waals surface area contributed by atoms with Gasteiger partial charge < -0.3 is 15.2 Å². The van der Waals surface area contributed by atoms with Crippen molar-refractivity contribution in [3.05, 3.63) is 0 Å². The van der Waals surface area contributed by atoms with Crippen molar-refractivity contribution in [1.82, 2.24) is 5.32 Å². The third-order valence-corrected chi connectivity index (χ3v) is 3.02. The van der Waals surface area contributed by atoms with Crippen molar-refractivity contribution in [2.45, 2.75) is 58.1 Å². The van der Waals surface area contributed by atoms with Crippen molar-refractivity contribution in [2.75, 3.05) is 13.2 Å². The number of nitrogens with one attached hydrogen (secondary N) is 1. The number of ether oxygens (including phenoxy) is 1. The highest BCUT2D eigenvalue weighted by molar-refractivity contribution is 5.77. The summed E-state index contributed by atoms with van der Waals surface area (Å²) in [5.74, 6) is 0.375. The zero-order valence-corrected chi connectivity index (χ0v) is 11.2. The Hall–Kier alpha value is -0.610. The average Bonchev–Trinajstić information content (AvgIpc) is 2.25. The van der Waals surface area contributed by atoms with E-state index in [2.05, 4.69) is 5.32 Å². The van der Waals surface area contributed by atoms with E-state index in [1.807, 2.05) is 20.8 Å². The van der Waals surface area contributed by atoms with Crippen LogP contribution in [-0.2, 0) is 9.53 Å². The van der Waals surface area contributed by atoms with Crippen molar-refractivity contribution in [2.24, 2.45) is 5.92 Å². The minimum Gasteiger partial charge on any atom is -0.396 e. The molecule has 1 aliphatic rings. The summed E-state index contributed by atoms with van der Waals surface area (Å²) in [5, 5.41) is 11.9. The number of aliphatic hydroxyl groups is 1. The first-order chi connectivity index (χ1) is 7.90. The maximum Gasteiger partial charge on any atom is 0.246 e. The van der Waals surface area contributed by atoms with E-state index in [1.165, 1.54) is 0 Å². The third-order valence-electron chi connectivity index (χ3n) is 3.02. The van der Waals surface area contributed by atoms with Gasteiger partial charge >= 0.3 is 0 Å². The Balaban J connectivity index is 2.17. The molecule has 0 atom stereocenters. The molecular formula is C13H25NO3. The molecule has 17 heavy (non-hydrogen) atoms. The molecule has 0 radical (unpaired) electrons. The van der Waals surface area contributed by atoms with Crippen molar-refractivity contribution < 1.29 is 14.6 Å². The standard InChI is InChI=1S/C13H25NO3/c1-13(2,3)14-12(16)9-17-11-6-4-10(8-15)5-7-11/h10-11,15H,4-9H2,1-3H3,(H,14,16). The molecule has 1 fully saturated rings. The molecule has 0 aromatic heterocycles. The number of carbonyl (C=O) groups is 1. The van der Waals surface area contributed by atoms with E-state index in [0.717, 1.165) is 25.7 Å². The quantitative estimate of drug-likeness (QED) is 0.786. The lowest BCUT2D eigenvalue weighted by molar-refractivity contribution is -0.130. The molecule has 1 rings (SSSR count). The van der Waals surface area contributed by atoms with E-state index in [9.17, 15) is 4.79 Å². The highest BCUT2D eigenvalue weighted by Gasteiger charge is 2.22. The third kappa shape index (κ3) is 6.03. The second kappa shape index (κ2) is 6.36. The molecule has 2 N–H and O–H groups in total. The van der Waals surface area contributed by atoms with E-state index in [4.69, 9.17) is 9.84 Å². The molecule has 1 saturated carbocycles. The maximum absolute atomic E-state index is 11.5. The molecule has 1 aliphatic carbocycles. The highest BCUT2D eigenvalue weighted by atomic mass is 16.5. The van der Waals surface area contributed by atoms with E-state index in [0.29, 0.717) is 5.92 Å². The fourth-order valence-electron chi connectivity index (χ4n) is 2.13. The predicted molar refractivity (Wildman–Crippen MR) is 66.7 cm³/mol. The van der Waals surface area contributed by atoms with Crippen LogP contribution in [0.2, 0.25) is 0 Å². The number of aliphatic hydroxyl groups excluding tert-OH is 1. The van der Waals surface area contributed by atoms with E-state index >= 15 is 0 Å². The second-order valence-corrected chi connectivity index (χ2v) is 5.93. The van der Waals surface area contributed by atoms with E-state index in [1.54, 1.807) is 0 Å². The van der Waals surface area contributed by atoms with Crippen LogP contribution in [0, 0.1) is 5.92 Å². The maximum atomic E-state index is 11.5. The average molecular weight is 243 g/mol. The van der Waals surface area contributed by atoms with Gasteiger partial charge in [-0.25, -0.2) is 0 Å². The van der Waals surface area contributed by atoms with Crippen molar-refractivity contribution in [3.63, 3.8) is 0 Å². The van der Waals surface area contributed by atoms with Gasteiger partial charge in [0.05, 0.1) is 6.10 Å². The first-order valence-corrected chi connectivity index (χ1v) is 6.44. The van der Waals surface area contributed by atoms with Crippen LogP contribution in [0.1, 0.15) is 46.5 Å². The zero-order valence-electron chi connectivity index (χ0n) is 11.2. The van der Waals surface area contributed by atoms with Crippen LogP contribution in [0.25, 0.3) is 0 Å². The van der Waals surface area contributed by atoms with Crippen LogP contribution in [0.5, 0.6) is 0 Å². The Morgan fingerprint density at radius 3 is 2.35 bits per heavy atom.